The van der Waals surface area contributed by atoms with Gasteiger partial charge in [-0.15, -0.1) is 0 Å². The van der Waals surface area contributed by atoms with E-state index in [-0.39, 0.29) is 5.92 Å². The van der Waals surface area contributed by atoms with Crippen molar-refractivity contribution in [2.75, 3.05) is 20.4 Å². The standard InChI is InChI=1S/C79H65N9/c1-51-22-19-20-32-72(51)88(68-47-55(5)74(56(6)48-68)78-70(81)49-60(50-80)75(84-78)73-53(3)45-67(46-54(73)4)87(62-27-15-9-16-28-62)63-29-17-10-18-30-63)65-39-35-58(36-40-65)57-33-37-64(38-34-57)86(61-25-13-8-14-26-61)66-41-42-69(52(2)44-66)77-76(59-23-11-7-12-24-59)85-79-71(83-77)31-21-43-82-79/h7-21,23-49,51H,22,81H2,1-6H3. The van der Waals surface area contributed by atoms with Crippen molar-refractivity contribution in [3.63, 3.8) is 0 Å². The Morgan fingerprint density at radius 1 is 0.432 bits per heavy atom. The molecular weight excluding hydrogens is 1070 g/mol. The smallest absolute Gasteiger partial charge is 0.178 e. The molecule has 0 spiro atoms. The molecule has 9 aromatic carbocycles. The van der Waals surface area contributed by atoms with Gasteiger partial charge in [0, 0.05) is 85.6 Å². The Morgan fingerprint density at radius 2 is 0.909 bits per heavy atom. The predicted octanol–water partition coefficient (Wildman–Crippen LogP) is 20.3. The molecule has 0 aliphatic heterocycles. The fourth-order valence-electron chi connectivity index (χ4n) is 12.5. The summed E-state index contributed by atoms with van der Waals surface area (Å²) < 4.78 is 0. The van der Waals surface area contributed by atoms with Gasteiger partial charge >= 0.3 is 0 Å². The summed E-state index contributed by atoms with van der Waals surface area (Å²) in [6.45, 7) is 12.9. The third-order valence-electron chi connectivity index (χ3n) is 16.7. The van der Waals surface area contributed by atoms with Crippen molar-refractivity contribution in [2.24, 2.45) is 5.92 Å². The summed E-state index contributed by atoms with van der Waals surface area (Å²) in [6, 6.07) is 82.8. The molecule has 1 aliphatic rings. The van der Waals surface area contributed by atoms with Gasteiger partial charge in [-0.05, 0) is 201 Å². The maximum Gasteiger partial charge on any atom is 0.178 e. The molecule has 3 aromatic heterocycles. The number of hydrogen-bond donors (Lipinski definition) is 1. The van der Waals surface area contributed by atoms with Crippen molar-refractivity contribution in [2.45, 2.75) is 48.0 Å². The number of nitriles is 1. The van der Waals surface area contributed by atoms with Gasteiger partial charge in [-0.2, -0.15) is 5.26 Å². The molecule has 3 heterocycles. The van der Waals surface area contributed by atoms with Crippen LogP contribution in [0.4, 0.5) is 51.2 Å². The maximum absolute atomic E-state index is 10.7. The van der Waals surface area contributed by atoms with E-state index in [4.69, 9.17) is 20.7 Å². The van der Waals surface area contributed by atoms with E-state index in [0.717, 1.165) is 130 Å². The van der Waals surface area contributed by atoms with Crippen LogP contribution in [0.2, 0.25) is 0 Å². The Balaban J connectivity index is 0.812. The molecule has 0 saturated heterocycles. The molecule has 2 N–H and O–H groups in total. The molecule has 13 rings (SSSR count). The van der Waals surface area contributed by atoms with Crippen LogP contribution in [-0.2, 0) is 0 Å². The number of benzene rings is 9. The number of pyridine rings is 2. The first-order chi connectivity index (χ1) is 43.0. The zero-order valence-electron chi connectivity index (χ0n) is 50.2. The molecule has 426 valence electrons. The Labute approximate surface area is 515 Å². The molecule has 1 aliphatic carbocycles. The highest BCUT2D eigenvalue weighted by Gasteiger charge is 2.26. The van der Waals surface area contributed by atoms with Gasteiger partial charge < -0.3 is 20.4 Å². The van der Waals surface area contributed by atoms with Gasteiger partial charge in [0.05, 0.1) is 34.0 Å². The van der Waals surface area contributed by atoms with Crippen LogP contribution in [0.5, 0.6) is 0 Å². The lowest BCUT2D eigenvalue weighted by atomic mass is 9.92. The van der Waals surface area contributed by atoms with Gasteiger partial charge in [-0.1, -0.05) is 134 Å². The number of rotatable bonds is 14. The summed E-state index contributed by atoms with van der Waals surface area (Å²) in [6.07, 6.45) is 9.35. The van der Waals surface area contributed by atoms with Gasteiger partial charge in [0.15, 0.2) is 5.65 Å². The Bertz CT molecular complexity index is 4580. The zero-order valence-corrected chi connectivity index (χ0v) is 50.2. The van der Waals surface area contributed by atoms with Crippen molar-refractivity contribution < 1.29 is 0 Å². The van der Waals surface area contributed by atoms with Crippen molar-refractivity contribution in [1.82, 2.24) is 19.9 Å². The van der Waals surface area contributed by atoms with Crippen LogP contribution >= 0.6 is 0 Å². The molecule has 0 saturated carbocycles. The Morgan fingerprint density at radius 3 is 1.44 bits per heavy atom. The lowest BCUT2D eigenvalue weighted by molar-refractivity contribution is 0.670. The van der Waals surface area contributed by atoms with Crippen molar-refractivity contribution in [3.8, 4) is 62.2 Å². The van der Waals surface area contributed by atoms with Crippen LogP contribution in [0.15, 0.2) is 261 Å². The first kappa shape index (κ1) is 56.0. The van der Waals surface area contributed by atoms with Gasteiger partial charge in [-0.3, -0.25) is 0 Å². The quantitative estimate of drug-likeness (QED) is 0.114. The minimum absolute atomic E-state index is 0.269. The number of nitrogens with two attached hydrogens (primary N) is 1. The minimum atomic E-state index is 0.269. The van der Waals surface area contributed by atoms with E-state index < -0.39 is 0 Å². The average Bonchev–Trinajstić information content (AvgIpc) is 2.82. The molecule has 0 radical (unpaired) electrons. The van der Waals surface area contributed by atoms with Crippen LogP contribution in [0.1, 0.15) is 46.7 Å². The number of fused-ring (bicyclic) bond motifs is 1. The van der Waals surface area contributed by atoms with E-state index >= 15 is 0 Å². The predicted molar refractivity (Wildman–Crippen MR) is 364 cm³/mol. The molecule has 1 atom stereocenters. The third kappa shape index (κ3) is 10.8. The molecule has 9 heteroatoms. The second-order valence-electron chi connectivity index (χ2n) is 22.7. The van der Waals surface area contributed by atoms with Gasteiger partial charge in [0.2, 0.25) is 0 Å². The van der Waals surface area contributed by atoms with E-state index in [0.29, 0.717) is 28.3 Å². The lowest BCUT2D eigenvalue weighted by Crippen LogP contribution is -2.22. The number of allylic oxidation sites excluding steroid dienone is 4. The number of nitrogen functional groups attached to an aromatic ring is 1. The fourth-order valence-corrected chi connectivity index (χ4v) is 12.5. The fraction of sp³-hybridized carbons (Fsp3) is 0.101. The first-order valence-corrected chi connectivity index (χ1v) is 29.9. The molecule has 0 fully saturated rings. The van der Waals surface area contributed by atoms with E-state index in [2.05, 4.69) is 268 Å². The van der Waals surface area contributed by atoms with E-state index in [1.54, 1.807) is 12.3 Å². The van der Waals surface area contributed by atoms with Crippen molar-refractivity contribution in [1.29, 1.82) is 5.26 Å². The van der Waals surface area contributed by atoms with Crippen LogP contribution in [0.3, 0.4) is 0 Å². The van der Waals surface area contributed by atoms with E-state index in [1.165, 1.54) is 5.70 Å². The normalized spacial score (nSPS) is 12.8. The maximum atomic E-state index is 10.7. The molecular formula is C79H65N9. The zero-order chi connectivity index (χ0) is 60.4. The Kier molecular flexibility index (Phi) is 15.3. The average molecular weight is 1140 g/mol. The molecule has 88 heavy (non-hydrogen) atoms. The number of para-hydroxylation sites is 3. The molecule has 9 nitrogen and oxygen atoms in total. The van der Waals surface area contributed by atoms with Gasteiger partial charge in [0.25, 0.3) is 0 Å². The number of aryl methyl sites for hydroxylation is 5. The van der Waals surface area contributed by atoms with E-state index in [1.807, 2.05) is 42.5 Å². The number of nitrogens with zero attached hydrogens (tertiary/aromatic N) is 8. The highest BCUT2D eigenvalue weighted by molar-refractivity contribution is 5.90. The summed E-state index contributed by atoms with van der Waals surface area (Å²) in [5, 5.41) is 10.7. The summed E-state index contributed by atoms with van der Waals surface area (Å²) in [5.41, 5.74) is 32.9. The molecule has 1 unspecified atom stereocenters. The van der Waals surface area contributed by atoms with Crippen molar-refractivity contribution in [3.05, 3.63) is 294 Å². The third-order valence-corrected chi connectivity index (χ3v) is 16.7. The molecule has 12 aromatic rings. The first-order valence-electron chi connectivity index (χ1n) is 29.9. The lowest BCUT2D eigenvalue weighted by Gasteiger charge is -2.33. The second-order valence-corrected chi connectivity index (χ2v) is 22.7. The largest absolute Gasteiger partial charge is 0.397 e. The summed E-state index contributed by atoms with van der Waals surface area (Å²) in [4.78, 5) is 27.1. The number of hydrogen-bond acceptors (Lipinski definition) is 9. The van der Waals surface area contributed by atoms with Crippen molar-refractivity contribution >= 4 is 62.4 Å². The molecule has 0 amide bonds. The minimum Gasteiger partial charge on any atom is -0.397 e. The van der Waals surface area contributed by atoms with E-state index in [9.17, 15) is 5.26 Å². The van der Waals surface area contributed by atoms with Gasteiger partial charge in [-0.25, -0.2) is 19.9 Å². The second kappa shape index (κ2) is 24.0. The Hall–Kier alpha value is -11.2. The van der Waals surface area contributed by atoms with Crippen LogP contribution in [-0.4, -0.2) is 19.9 Å². The summed E-state index contributed by atoms with van der Waals surface area (Å²) in [5.74, 6) is 0.269. The highest BCUT2D eigenvalue weighted by atomic mass is 15.2. The van der Waals surface area contributed by atoms with Crippen LogP contribution in [0.25, 0.3) is 67.3 Å². The van der Waals surface area contributed by atoms with Gasteiger partial charge in [0.1, 0.15) is 11.6 Å². The summed E-state index contributed by atoms with van der Waals surface area (Å²) >= 11 is 0. The monoisotopic (exact) mass is 1140 g/mol. The van der Waals surface area contributed by atoms with Crippen LogP contribution in [0, 0.1) is 51.9 Å². The number of aromatic nitrogens is 4. The number of anilines is 9. The SMILES string of the molecule is Cc1cc(N(c2ccccc2)c2ccc(-c3ccc(N(C4=CC=CCC4C)c4cc(C)c(-c5nc(-c6c(C)cc(N(c7ccccc7)c7ccccc7)cc6C)c(C#N)cc5N)c(C)c4)cc3)cc2)ccc1-c1nc2cccnc2nc1-c1ccccc1. The summed E-state index contributed by atoms with van der Waals surface area (Å²) in [7, 11) is 0. The highest BCUT2D eigenvalue weighted by Crippen LogP contribution is 2.45. The molecule has 0 bridgehead atoms. The topological polar surface area (TPSA) is 111 Å². The van der Waals surface area contributed by atoms with Crippen LogP contribution < -0.4 is 20.4 Å².